The van der Waals surface area contributed by atoms with Gasteiger partial charge in [0.2, 0.25) is 0 Å². The van der Waals surface area contributed by atoms with Gasteiger partial charge in [-0.1, -0.05) is 0 Å². The van der Waals surface area contributed by atoms with Crippen LogP contribution in [0, 0.1) is 0 Å². The SMILES string of the molecule is SCS(CS)(CS)CS. The molecule has 0 radical (unpaired) electrons. The van der Waals surface area contributed by atoms with Crippen LogP contribution in [-0.4, -0.2) is 20.3 Å². The fourth-order valence-corrected chi connectivity index (χ4v) is 6.61. The van der Waals surface area contributed by atoms with Crippen molar-refractivity contribution >= 4 is 60.5 Å². The lowest BCUT2D eigenvalue weighted by molar-refractivity contribution is 1.88. The van der Waals surface area contributed by atoms with Crippen LogP contribution in [0.4, 0.5) is 0 Å². The van der Waals surface area contributed by atoms with Gasteiger partial charge in [-0.05, 0) is 0 Å². The Kier molecular flexibility index (Phi) is 6.46. The van der Waals surface area contributed by atoms with E-state index >= 15 is 0 Å². The van der Waals surface area contributed by atoms with Gasteiger partial charge in [0.05, 0.1) is 0 Å². The molecule has 0 aliphatic heterocycles. The Morgan fingerprint density at radius 3 is 0.889 bits per heavy atom. The highest BCUT2D eigenvalue weighted by molar-refractivity contribution is 8.47. The molecule has 0 fully saturated rings. The zero-order valence-corrected chi connectivity index (χ0v) is 9.42. The van der Waals surface area contributed by atoms with Gasteiger partial charge in [-0.2, -0.15) is 50.5 Å². The molecule has 9 heavy (non-hydrogen) atoms. The molecular weight excluding hydrogens is 208 g/mol. The summed E-state index contributed by atoms with van der Waals surface area (Å²) in [5, 5.41) is 3.57. The molecule has 0 unspecified atom stereocenters. The van der Waals surface area contributed by atoms with Gasteiger partial charge in [-0.25, -0.2) is 10.0 Å². The average molecular weight is 220 g/mol. The summed E-state index contributed by atoms with van der Waals surface area (Å²) < 4.78 is 0. The van der Waals surface area contributed by atoms with E-state index in [-0.39, 0.29) is 0 Å². The molecule has 0 nitrogen and oxygen atoms in total. The lowest BCUT2D eigenvalue weighted by atomic mass is 11.8. The number of hydrogen-bond acceptors (Lipinski definition) is 4. The Labute approximate surface area is 80.5 Å². The second kappa shape index (κ2) is 5.41. The lowest BCUT2D eigenvalue weighted by Gasteiger charge is -2.33. The third-order valence-corrected chi connectivity index (χ3v) is 9.86. The maximum Gasteiger partial charge on any atom is 0.0226 e. The highest BCUT2D eigenvalue weighted by Gasteiger charge is 2.15. The topological polar surface area (TPSA) is 0 Å². The van der Waals surface area contributed by atoms with Gasteiger partial charge in [-0.3, -0.25) is 0 Å². The van der Waals surface area contributed by atoms with Crippen molar-refractivity contribution in [3.05, 3.63) is 0 Å². The van der Waals surface area contributed by atoms with Crippen molar-refractivity contribution in [1.29, 1.82) is 0 Å². The first kappa shape index (κ1) is 10.8. The van der Waals surface area contributed by atoms with Gasteiger partial charge in [0.15, 0.2) is 0 Å². The smallest absolute Gasteiger partial charge is 0.0226 e. The van der Waals surface area contributed by atoms with E-state index in [1.165, 1.54) is 0 Å². The number of thiol groups is 4. The molecule has 0 aromatic heterocycles. The molecule has 0 spiro atoms. The number of rotatable bonds is 4. The summed E-state index contributed by atoms with van der Waals surface area (Å²) >= 11 is 16.9. The molecule has 58 valence electrons. The van der Waals surface area contributed by atoms with Crippen LogP contribution in [0.3, 0.4) is 0 Å². The Hall–Kier alpha value is 1.75. The number of hydrogen-bond donors (Lipinski definition) is 4. The molecule has 5 heteroatoms. The van der Waals surface area contributed by atoms with Crippen LogP contribution in [0.25, 0.3) is 0 Å². The first-order chi connectivity index (χ1) is 4.24. The summed E-state index contributed by atoms with van der Waals surface area (Å²) in [6.45, 7) is 0. The van der Waals surface area contributed by atoms with Gasteiger partial charge in [-0.15, -0.1) is 0 Å². The minimum Gasteiger partial charge on any atom is -0.206 e. The van der Waals surface area contributed by atoms with E-state index in [1.807, 2.05) is 0 Å². The van der Waals surface area contributed by atoms with Gasteiger partial charge >= 0.3 is 0 Å². The average Bonchev–Trinajstić information content (AvgIpc) is 1.95. The highest BCUT2D eigenvalue weighted by Crippen LogP contribution is 2.50. The largest absolute Gasteiger partial charge is 0.206 e. The predicted molar refractivity (Wildman–Crippen MR) is 63.0 cm³/mol. The maximum absolute atomic E-state index is 4.23. The molecule has 0 rings (SSSR count). The molecule has 0 saturated heterocycles. The summed E-state index contributed by atoms with van der Waals surface area (Å²) in [6, 6.07) is 0. The summed E-state index contributed by atoms with van der Waals surface area (Å²) in [5.74, 6) is 0. The van der Waals surface area contributed by atoms with Crippen molar-refractivity contribution in [2.24, 2.45) is 0 Å². The predicted octanol–water partition coefficient (Wildman–Crippen LogP) is 2.34. The zero-order valence-electron chi connectivity index (χ0n) is 5.03. The van der Waals surface area contributed by atoms with Gasteiger partial charge < -0.3 is 0 Å². The standard InChI is InChI=1S/C4H12S5/c5-1-9(2-6,3-7)4-8/h5-8H,1-4H2. The van der Waals surface area contributed by atoms with Crippen molar-refractivity contribution in [3.63, 3.8) is 0 Å². The van der Waals surface area contributed by atoms with Crippen molar-refractivity contribution in [3.8, 4) is 0 Å². The first-order valence-corrected chi connectivity index (χ1v) is 7.26. The fourth-order valence-electron chi connectivity index (χ4n) is 0.245. The molecule has 0 aromatic carbocycles. The molecular formula is C4H12S5. The Bertz CT molecular complexity index is 51.8. The summed E-state index contributed by atoms with van der Waals surface area (Å²) in [6.07, 6.45) is 0. The minimum absolute atomic E-state index is 0.691. The van der Waals surface area contributed by atoms with Crippen LogP contribution in [-0.2, 0) is 0 Å². The van der Waals surface area contributed by atoms with E-state index in [0.29, 0.717) is 0 Å². The van der Waals surface area contributed by atoms with Crippen LogP contribution in [0.2, 0.25) is 0 Å². The van der Waals surface area contributed by atoms with E-state index in [4.69, 9.17) is 0 Å². The summed E-state index contributed by atoms with van der Waals surface area (Å²) in [5.41, 5.74) is 0. The molecule has 0 aromatic rings. The van der Waals surface area contributed by atoms with E-state index < -0.39 is 10.0 Å². The fraction of sp³-hybridized carbons (Fsp3) is 1.00. The third kappa shape index (κ3) is 3.10. The van der Waals surface area contributed by atoms with Gasteiger partial charge in [0.25, 0.3) is 0 Å². The molecule has 0 atom stereocenters. The molecule has 0 bridgehead atoms. The molecule has 0 N–H and O–H groups in total. The molecule has 0 aliphatic rings. The summed E-state index contributed by atoms with van der Waals surface area (Å²) in [4.78, 5) is 0. The van der Waals surface area contributed by atoms with Crippen molar-refractivity contribution < 1.29 is 0 Å². The Morgan fingerprint density at radius 2 is 0.889 bits per heavy atom. The minimum atomic E-state index is -0.691. The van der Waals surface area contributed by atoms with E-state index in [0.717, 1.165) is 20.3 Å². The Morgan fingerprint density at radius 1 is 0.667 bits per heavy atom. The normalized spacial score (nSPS) is 13.8. The molecule has 0 aliphatic carbocycles. The second-order valence-corrected chi connectivity index (χ2v) is 8.32. The van der Waals surface area contributed by atoms with Crippen LogP contribution < -0.4 is 0 Å². The van der Waals surface area contributed by atoms with Crippen LogP contribution >= 0.6 is 60.5 Å². The molecule has 0 saturated carbocycles. The van der Waals surface area contributed by atoms with Gasteiger partial charge in [0.1, 0.15) is 0 Å². The van der Waals surface area contributed by atoms with Crippen LogP contribution in [0.15, 0.2) is 0 Å². The monoisotopic (exact) mass is 220 g/mol. The van der Waals surface area contributed by atoms with Crippen molar-refractivity contribution in [1.82, 2.24) is 0 Å². The van der Waals surface area contributed by atoms with Crippen molar-refractivity contribution in [2.75, 3.05) is 20.3 Å². The van der Waals surface area contributed by atoms with Crippen LogP contribution in [0.5, 0.6) is 0 Å². The Balaban J connectivity index is 3.82. The van der Waals surface area contributed by atoms with Gasteiger partial charge in [0, 0.05) is 20.3 Å². The molecule has 0 amide bonds. The second-order valence-electron chi connectivity index (χ2n) is 1.74. The zero-order chi connectivity index (χ0) is 7.33. The first-order valence-electron chi connectivity index (χ1n) is 2.42. The van der Waals surface area contributed by atoms with Crippen molar-refractivity contribution in [2.45, 2.75) is 0 Å². The van der Waals surface area contributed by atoms with Crippen LogP contribution in [0.1, 0.15) is 0 Å². The van der Waals surface area contributed by atoms with E-state index in [1.54, 1.807) is 0 Å². The molecule has 0 heterocycles. The highest BCUT2D eigenvalue weighted by atomic mass is 32.3. The lowest BCUT2D eigenvalue weighted by Crippen LogP contribution is -2.05. The van der Waals surface area contributed by atoms with E-state index in [2.05, 4.69) is 50.5 Å². The van der Waals surface area contributed by atoms with E-state index in [9.17, 15) is 0 Å². The quantitative estimate of drug-likeness (QED) is 0.514. The maximum atomic E-state index is 4.23. The third-order valence-electron chi connectivity index (χ3n) is 1.10. The summed E-state index contributed by atoms with van der Waals surface area (Å²) in [7, 11) is -0.691.